The van der Waals surface area contributed by atoms with E-state index in [9.17, 15) is 0 Å². The van der Waals surface area contributed by atoms with Crippen LogP contribution in [0.25, 0.3) is 0 Å². The predicted molar refractivity (Wildman–Crippen MR) is 86.1 cm³/mol. The van der Waals surface area contributed by atoms with Crippen LogP contribution in [0.4, 0.5) is 0 Å². The van der Waals surface area contributed by atoms with E-state index in [0.29, 0.717) is 0 Å². The molecule has 0 aliphatic rings. The number of nitrogens with one attached hydrogen (secondary N) is 1. The van der Waals surface area contributed by atoms with Crippen LogP contribution in [0.3, 0.4) is 0 Å². The van der Waals surface area contributed by atoms with E-state index < -0.39 is 0 Å². The zero-order valence-electron chi connectivity index (χ0n) is 9.68. The highest BCUT2D eigenvalue weighted by Crippen LogP contribution is 2.26. The second kappa shape index (κ2) is 7.86. The normalized spacial score (nSPS) is 11.0. The molecule has 0 aromatic carbocycles. The average Bonchev–Trinajstić information content (AvgIpc) is 2.98. The minimum absolute atomic E-state index is 0.934. The summed E-state index contributed by atoms with van der Waals surface area (Å²) in [7, 11) is 0. The molecule has 1 N–H and O–H groups in total. The molecule has 0 aliphatic carbocycles. The smallest absolute Gasteiger partial charge is 0.175 e. The van der Waals surface area contributed by atoms with Crippen molar-refractivity contribution in [3.8, 4) is 0 Å². The van der Waals surface area contributed by atoms with E-state index in [1.54, 1.807) is 46.2 Å². The topological polar surface area (TPSA) is 37.8 Å². The largest absolute Gasteiger partial charge is 0.311 e. The lowest BCUT2D eigenvalue weighted by Gasteiger charge is -2.00. The van der Waals surface area contributed by atoms with Gasteiger partial charge in [-0.3, -0.25) is 0 Å². The van der Waals surface area contributed by atoms with Gasteiger partial charge in [-0.2, -0.15) is 0 Å². The number of hydrogen-bond donors (Lipinski definition) is 1. The van der Waals surface area contributed by atoms with Crippen molar-refractivity contribution in [1.29, 1.82) is 0 Å². The van der Waals surface area contributed by atoms with Crippen molar-refractivity contribution in [1.82, 2.24) is 15.5 Å². The fraction of sp³-hybridized carbons (Fsp3) is 0.400. The standard InChI is InChI=1S/C10H12BrN3S4/c1-15-9-13-14-10(18-9)16-3-2-12-5-8-4-7(11)6-17-8/h4,6,12H,2-3,5H2,1H3. The van der Waals surface area contributed by atoms with E-state index in [0.717, 1.165) is 32.0 Å². The third-order valence-electron chi connectivity index (χ3n) is 1.99. The van der Waals surface area contributed by atoms with Crippen molar-refractivity contribution >= 4 is 62.1 Å². The Bertz CT molecular complexity index is 485. The van der Waals surface area contributed by atoms with Crippen molar-refractivity contribution in [3.63, 3.8) is 0 Å². The van der Waals surface area contributed by atoms with Crippen molar-refractivity contribution in [3.05, 3.63) is 20.8 Å². The molecule has 0 unspecified atom stereocenters. The Morgan fingerprint density at radius 3 is 2.89 bits per heavy atom. The quantitative estimate of drug-likeness (QED) is 0.580. The fourth-order valence-electron chi connectivity index (χ4n) is 1.21. The molecule has 0 spiro atoms. The Balaban J connectivity index is 1.61. The van der Waals surface area contributed by atoms with Gasteiger partial charge in [-0.15, -0.1) is 21.5 Å². The lowest BCUT2D eigenvalue weighted by molar-refractivity contribution is 0.740. The van der Waals surface area contributed by atoms with Crippen LogP contribution in [0.2, 0.25) is 0 Å². The number of nitrogens with zero attached hydrogens (tertiary/aromatic N) is 2. The monoisotopic (exact) mass is 381 g/mol. The van der Waals surface area contributed by atoms with Gasteiger partial charge in [0.2, 0.25) is 0 Å². The lowest BCUT2D eigenvalue weighted by atomic mass is 10.4. The Labute approximate surface area is 131 Å². The Morgan fingerprint density at radius 2 is 2.22 bits per heavy atom. The molecular weight excluding hydrogens is 370 g/mol. The summed E-state index contributed by atoms with van der Waals surface area (Å²) in [5.41, 5.74) is 0. The first-order valence-electron chi connectivity index (χ1n) is 5.22. The lowest BCUT2D eigenvalue weighted by Crippen LogP contribution is -2.15. The van der Waals surface area contributed by atoms with Gasteiger partial charge in [0.15, 0.2) is 8.68 Å². The number of halogens is 1. The molecule has 8 heteroatoms. The Kier molecular flexibility index (Phi) is 6.46. The molecule has 0 amide bonds. The molecular formula is C10H12BrN3S4. The average molecular weight is 382 g/mol. The molecule has 2 heterocycles. The van der Waals surface area contributed by atoms with Crippen LogP contribution in [0, 0.1) is 0 Å². The first-order valence-corrected chi connectivity index (χ1v) is 9.92. The molecule has 18 heavy (non-hydrogen) atoms. The van der Waals surface area contributed by atoms with E-state index in [1.807, 2.05) is 6.26 Å². The third-order valence-corrected chi connectivity index (χ3v) is 6.72. The van der Waals surface area contributed by atoms with E-state index in [2.05, 4.69) is 42.9 Å². The number of hydrogen-bond acceptors (Lipinski definition) is 7. The number of thiophene rings is 1. The minimum atomic E-state index is 0.934. The maximum atomic E-state index is 4.12. The summed E-state index contributed by atoms with van der Waals surface area (Å²) in [6.45, 7) is 1.91. The van der Waals surface area contributed by atoms with Gasteiger partial charge in [0.05, 0.1) is 0 Å². The molecule has 3 nitrogen and oxygen atoms in total. The highest BCUT2D eigenvalue weighted by molar-refractivity contribution is 9.10. The van der Waals surface area contributed by atoms with E-state index in [1.165, 1.54) is 4.88 Å². The maximum Gasteiger partial charge on any atom is 0.175 e. The third kappa shape index (κ3) is 4.82. The summed E-state index contributed by atoms with van der Waals surface area (Å²) in [5.74, 6) is 1.02. The van der Waals surface area contributed by atoms with Crippen LogP contribution < -0.4 is 5.32 Å². The Morgan fingerprint density at radius 1 is 1.39 bits per heavy atom. The van der Waals surface area contributed by atoms with Crippen molar-refractivity contribution < 1.29 is 0 Å². The summed E-state index contributed by atoms with van der Waals surface area (Å²) < 4.78 is 3.26. The van der Waals surface area contributed by atoms with Crippen LogP contribution in [0.1, 0.15) is 4.88 Å². The summed E-state index contributed by atoms with van der Waals surface area (Å²) in [5, 5.41) is 13.7. The van der Waals surface area contributed by atoms with Gasteiger partial charge in [0, 0.05) is 33.6 Å². The summed E-state index contributed by atoms with van der Waals surface area (Å²) >= 11 is 10.3. The van der Waals surface area contributed by atoms with Gasteiger partial charge in [-0.1, -0.05) is 34.9 Å². The highest BCUT2D eigenvalue weighted by Gasteiger charge is 2.03. The summed E-state index contributed by atoms with van der Waals surface area (Å²) in [4.78, 5) is 1.35. The van der Waals surface area contributed by atoms with E-state index in [-0.39, 0.29) is 0 Å². The van der Waals surface area contributed by atoms with E-state index in [4.69, 9.17) is 0 Å². The molecule has 98 valence electrons. The zero-order valence-corrected chi connectivity index (χ0v) is 14.5. The van der Waals surface area contributed by atoms with Gasteiger partial charge < -0.3 is 5.32 Å². The molecule has 2 aromatic heterocycles. The van der Waals surface area contributed by atoms with Crippen LogP contribution >= 0.6 is 62.1 Å². The van der Waals surface area contributed by atoms with Gasteiger partial charge >= 0.3 is 0 Å². The number of thioether (sulfide) groups is 2. The minimum Gasteiger partial charge on any atom is -0.311 e. The number of rotatable bonds is 7. The molecule has 2 aromatic rings. The molecule has 0 saturated carbocycles. The first kappa shape index (κ1) is 14.8. The van der Waals surface area contributed by atoms with Crippen LogP contribution in [-0.2, 0) is 6.54 Å². The number of aromatic nitrogens is 2. The second-order valence-corrected chi connectivity index (χ2v) is 8.58. The van der Waals surface area contributed by atoms with Crippen LogP contribution in [-0.4, -0.2) is 28.8 Å². The highest BCUT2D eigenvalue weighted by atomic mass is 79.9. The zero-order chi connectivity index (χ0) is 12.8. The van der Waals surface area contributed by atoms with Crippen molar-refractivity contribution in [2.24, 2.45) is 0 Å². The summed E-state index contributed by atoms with van der Waals surface area (Å²) in [6, 6.07) is 2.15. The van der Waals surface area contributed by atoms with Gasteiger partial charge in [0.25, 0.3) is 0 Å². The molecule has 0 saturated heterocycles. The first-order chi connectivity index (χ1) is 8.78. The Hall–Kier alpha value is 0.400. The van der Waals surface area contributed by atoms with Crippen LogP contribution in [0.15, 0.2) is 24.6 Å². The predicted octanol–water partition coefficient (Wildman–Crippen LogP) is 3.97. The summed E-state index contributed by atoms with van der Waals surface area (Å²) in [6.07, 6.45) is 2.02. The molecule has 2 rings (SSSR count). The van der Waals surface area contributed by atoms with Crippen molar-refractivity contribution in [2.45, 2.75) is 15.2 Å². The molecule has 0 fully saturated rings. The second-order valence-electron chi connectivity index (χ2n) is 3.29. The molecule has 0 radical (unpaired) electrons. The SMILES string of the molecule is CSc1nnc(SCCNCc2cc(Br)cs2)s1. The molecule has 0 aliphatic heterocycles. The van der Waals surface area contributed by atoms with Crippen molar-refractivity contribution in [2.75, 3.05) is 18.6 Å². The van der Waals surface area contributed by atoms with E-state index >= 15 is 0 Å². The van der Waals surface area contributed by atoms with Gasteiger partial charge in [-0.05, 0) is 28.3 Å². The van der Waals surface area contributed by atoms with Gasteiger partial charge in [-0.25, -0.2) is 0 Å². The maximum absolute atomic E-state index is 4.12. The molecule has 0 bridgehead atoms. The fourth-order valence-corrected chi connectivity index (χ4v) is 5.03. The van der Waals surface area contributed by atoms with Gasteiger partial charge in [0.1, 0.15) is 0 Å². The van der Waals surface area contributed by atoms with Crippen LogP contribution in [0.5, 0.6) is 0 Å². The molecule has 0 atom stereocenters.